The van der Waals surface area contributed by atoms with Crippen molar-refractivity contribution < 1.29 is 0 Å². The van der Waals surface area contributed by atoms with Gasteiger partial charge < -0.3 is 4.98 Å². The van der Waals surface area contributed by atoms with Crippen LogP contribution in [0.4, 0.5) is 0 Å². The van der Waals surface area contributed by atoms with E-state index >= 15 is 0 Å². The summed E-state index contributed by atoms with van der Waals surface area (Å²) in [4.78, 5) is 3.19. The number of H-pyrrole nitrogens is 1. The average molecular weight is 297 g/mol. The summed E-state index contributed by atoms with van der Waals surface area (Å²) in [5.74, 6) is 0. The monoisotopic (exact) mass is 297 g/mol. The highest BCUT2D eigenvalue weighted by Gasteiger charge is 2.59. The van der Waals surface area contributed by atoms with Crippen LogP contribution in [0.15, 0.2) is 29.8 Å². The molecule has 0 amide bonds. The van der Waals surface area contributed by atoms with Crippen LogP contribution in [0.5, 0.6) is 0 Å². The van der Waals surface area contributed by atoms with Crippen LogP contribution in [-0.4, -0.2) is 4.98 Å². The second-order valence-electron chi connectivity index (χ2n) is 5.74. The van der Waals surface area contributed by atoms with Crippen molar-refractivity contribution in [3.63, 3.8) is 0 Å². The first-order valence-electron chi connectivity index (χ1n) is 6.97. The molecule has 0 fully saturated rings. The van der Waals surface area contributed by atoms with Gasteiger partial charge in [0.15, 0.2) is 0 Å². The fraction of sp³-hybridized carbons (Fsp3) is 0.222. The number of nitrogens with one attached hydrogen (secondary N) is 1. The van der Waals surface area contributed by atoms with Crippen molar-refractivity contribution in [2.75, 3.05) is 0 Å². The fourth-order valence-corrected chi connectivity index (χ4v) is 3.42. The number of para-hydroxylation sites is 1. The minimum Gasteiger partial charge on any atom is -0.356 e. The van der Waals surface area contributed by atoms with Crippen LogP contribution in [0.2, 0.25) is 0 Å². The van der Waals surface area contributed by atoms with E-state index in [1.807, 2.05) is 42.5 Å². The summed E-state index contributed by atoms with van der Waals surface area (Å²) in [6, 6.07) is 15.5. The molecule has 2 aromatic rings. The molecule has 1 aliphatic rings. The molecule has 1 atom stereocenters. The molecule has 1 aromatic heterocycles. The molecule has 0 saturated heterocycles. The van der Waals surface area contributed by atoms with E-state index in [1.54, 1.807) is 6.92 Å². The lowest BCUT2D eigenvalue weighted by Crippen LogP contribution is -2.45. The van der Waals surface area contributed by atoms with Crippen LogP contribution in [0.3, 0.4) is 0 Å². The van der Waals surface area contributed by atoms with Crippen LogP contribution in [0.1, 0.15) is 25.1 Å². The van der Waals surface area contributed by atoms with Crippen molar-refractivity contribution in [2.45, 2.75) is 19.3 Å². The van der Waals surface area contributed by atoms with E-state index in [0.29, 0.717) is 11.3 Å². The molecular formula is C18H11N5. The quantitative estimate of drug-likeness (QED) is 0.804. The third-order valence-electron chi connectivity index (χ3n) is 4.75. The van der Waals surface area contributed by atoms with Crippen LogP contribution in [0, 0.1) is 50.7 Å². The molecule has 5 nitrogen and oxygen atoms in total. The van der Waals surface area contributed by atoms with Crippen molar-refractivity contribution in [3.8, 4) is 24.3 Å². The smallest absolute Gasteiger partial charge is 0.202 e. The van der Waals surface area contributed by atoms with E-state index in [4.69, 9.17) is 0 Å². The van der Waals surface area contributed by atoms with Crippen molar-refractivity contribution in [1.29, 1.82) is 21.0 Å². The van der Waals surface area contributed by atoms with Gasteiger partial charge in [0.1, 0.15) is 5.41 Å². The molecule has 23 heavy (non-hydrogen) atoms. The predicted molar refractivity (Wildman–Crippen MR) is 83.1 cm³/mol. The number of aromatic nitrogens is 1. The Bertz CT molecular complexity index is 1030. The lowest BCUT2D eigenvalue weighted by Gasteiger charge is -2.38. The first-order valence-corrected chi connectivity index (χ1v) is 6.97. The molecule has 0 aliphatic heterocycles. The van der Waals surface area contributed by atoms with Gasteiger partial charge in [0.05, 0.1) is 29.8 Å². The molecule has 108 valence electrons. The summed E-state index contributed by atoms with van der Waals surface area (Å²) in [5.41, 5.74) is -0.630. The van der Waals surface area contributed by atoms with Crippen molar-refractivity contribution in [2.24, 2.45) is 5.41 Å². The van der Waals surface area contributed by atoms with Gasteiger partial charge in [-0.05, 0) is 25.5 Å². The lowest BCUT2D eigenvalue weighted by molar-refractivity contribution is 0.402. The summed E-state index contributed by atoms with van der Waals surface area (Å²) < 4.78 is 0. The Morgan fingerprint density at radius 3 is 2.22 bits per heavy atom. The fourth-order valence-electron chi connectivity index (χ4n) is 3.42. The van der Waals surface area contributed by atoms with E-state index in [-0.39, 0.29) is 5.57 Å². The zero-order valence-corrected chi connectivity index (χ0v) is 12.6. The molecule has 3 rings (SSSR count). The molecular weight excluding hydrogens is 286 g/mol. The number of hydrogen-bond donors (Lipinski definition) is 1. The summed E-state index contributed by atoms with van der Waals surface area (Å²) in [6.07, 6.45) is 0. The molecule has 5 heteroatoms. The highest BCUT2D eigenvalue weighted by molar-refractivity contribution is 5.98. The molecule has 1 N–H and O–H groups in total. The van der Waals surface area contributed by atoms with Crippen LogP contribution >= 0.6 is 0 Å². The van der Waals surface area contributed by atoms with E-state index < -0.39 is 10.8 Å². The molecule has 0 saturated carbocycles. The first kappa shape index (κ1) is 14.4. The Morgan fingerprint density at radius 2 is 1.65 bits per heavy atom. The molecule has 1 aromatic carbocycles. The molecule has 1 heterocycles. The third kappa shape index (κ3) is 1.41. The Balaban J connectivity index is 2.61. The minimum absolute atomic E-state index is 0.0452. The Hall–Kier alpha value is -3.54. The highest BCUT2D eigenvalue weighted by atomic mass is 14.8. The second kappa shape index (κ2) is 4.48. The summed E-state index contributed by atoms with van der Waals surface area (Å²) in [7, 11) is 0. The Morgan fingerprint density at radius 1 is 1.00 bits per heavy atom. The van der Waals surface area contributed by atoms with Crippen molar-refractivity contribution >= 4 is 16.5 Å². The summed E-state index contributed by atoms with van der Waals surface area (Å²) in [5, 5.41) is 39.7. The summed E-state index contributed by atoms with van der Waals surface area (Å²) in [6.45, 7) is 3.26. The SMILES string of the molecule is CC1=C(C#N)C(C#N)(C#N)C(C)(C#N)c2[nH]c3ccccc3c21. The Labute approximate surface area is 133 Å². The number of nitriles is 4. The zero-order valence-electron chi connectivity index (χ0n) is 12.6. The highest BCUT2D eigenvalue weighted by Crippen LogP contribution is 2.54. The zero-order chi connectivity index (χ0) is 16.8. The van der Waals surface area contributed by atoms with E-state index in [1.165, 1.54) is 6.92 Å². The number of fused-ring (bicyclic) bond motifs is 3. The van der Waals surface area contributed by atoms with Gasteiger partial charge in [-0.2, -0.15) is 21.0 Å². The maximum absolute atomic E-state index is 9.82. The molecule has 0 spiro atoms. The number of allylic oxidation sites excluding steroid dienone is 2. The lowest BCUT2D eigenvalue weighted by atomic mass is 9.56. The minimum atomic E-state index is -1.84. The van der Waals surface area contributed by atoms with Crippen LogP contribution < -0.4 is 0 Å². The normalized spacial score (nSPS) is 21.7. The predicted octanol–water partition coefficient (Wildman–Crippen LogP) is 3.29. The van der Waals surface area contributed by atoms with Gasteiger partial charge in [-0.3, -0.25) is 0 Å². The summed E-state index contributed by atoms with van der Waals surface area (Å²) >= 11 is 0. The van der Waals surface area contributed by atoms with Gasteiger partial charge in [-0.1, -0.05) is 18.2 Å². The number of hydrogen-bond acceptors (Lipinski definition) is 4. The van der Waals surface area contributed by atoms with E-state index in [2.05, 4.69) is 11.1 Å². The average Bonchev–Trinajstić information content (AvgIpc) is 2.98. The van der Waals surface area contributed by atoms with Gasteiger partial charge in [0, 0.05) is 22.2 Å². The number of nitrogens with zero attached hydrogens (tertiary/aromatic N) is 4. The number of benzene rings is 1. The maximum atomic E-state index is 9.82. The first-order chi connectivity index (χ1) is 11.0. The number of aromatic amines is 1. The van der Waals surface area contributed by atoms with E-state index in [9.17, 15) is 21.0 Å². The standard InChI is InChI=1S/C18H11N5/c1-11-13(7-19)18(9-21,10-22)17(2,8-20)16-15(11)12-5-3-4-6-14(12)23-16/h3-6,23H,1-2H3. The molecule has 0 bridgehead atoms. The largest absolute Gasteiger partial charge is 0.356 e. The molecule has 1 aliphatic carbocycles. The van der Waals surface area contributed by atoms with Gasteiger partial charge in [-0.15, -0.1) is 0 Å². The molecule has 1 unspecified atom stereocenters. The second-order valence-corrected chi connectivity index (χ2v) is 5.74. The van der Waals surface area contributed by atoms with Gasteiger partial charge in [-0.25, -0.2) is 0 Å². The third-order valence-corrected chi connectivity index (χ3v) is 4.75. The van der Waals surface area contributed by atoms with Gasteiger partial charge >= 0.3 is 0 Å². The van der Waals surface area contributed by atoms with Gasteiger partial charge in [0.2, 0.25) is 5.41 Å². The van der Waals surface area contributed by atoms with Crippen LogP contribution in [0.25, 0.3) is 16.5 Å². The van der Waals surface area contributed by atoms with E-state index in [0.717, 1.165) is 16.5 Å². The molecule has 0 radical (unpaired) electrons. The van der Waals surface area contributed by atoms with Crippen LogP contribution in [-0.2, 0) is 5.41 Å². The maximum Gasteiger partial charge on any atom is 0.202 e. The van der Waals surface area contributed by atoms with Crippen molar-refractivity contribution in [1.82, 2.24) is 4.98 Å². The van der Waals surface area contributed by atoms with Gasteiger partial charge in [0.25, 0.3) is 0 Å². The number of rotatable bonds is 0. The van der Waals surface area contributed by atoms with Crippen molar-refractivity contribution in [3.05, 3.63) is 41.1 Å². The Kier molecular flexibility index (Phi) is 2.80. The topological polar surface area (TPSA) is 111 Å².